The number of Topliss-reactive ketones (excluding diaryl/α,β-unsaturated/α-hetero) is 1. The van der Waals surface area contributed by atoms with Crippen LogP contribution in [0.25, 0.3) is 10.9 Å². The van der Waals surface area contributed by atoms with Crippen molar-refractivity contribution >= 4 is 16.7 Å². The first-order valence-corrected chi connectivity index (χ1v) is 7.31. The van der Waals surface area contributed by atoms with Gasteiger partial charge in [-0.15, -0.1) is 0 Å². The third kappa shape index (κ3) is 2.22. The maximum absolute atomic E-state index is 12.7. The summed E-state index contributed by atoms with van der Waals surface area (Å²) in [6.07, 6.45) is 6.41. The number of carbonyl (C=O) groups excluding carboxylic acids is 1. The predicted octanol–water partition coefficient (Wildman–Crippen LogP) is 2.87. The normalized spacial score (nSPS) is 17.4. The van der Waals surface area contributed by atoms with Gasteiger partial charge in [-0.2, -0.15) is 0 Å². The molecule has 1 aromatic heterocycles. The number of rotatable bonds is 4. The lowest BCUT2D eigenvalue weighted by Gasteiger charge is -2.25. The molecule has 0 amide bonds. The van der Waals surface area contributed by atoms with Crippen LogP contribution >= 0.6 is 0 Å². The molecule has 1 heterocycles. The van der Waals surface area contributed by atoms with E-state index in [0.717, 1.165) is 42.1 Å². The summed E-state index contributed by atoms with van der Waals surface area (Å²) < 4.78 is 0. The zero-order valence-corrected chi connectivity index (χ0v) is 11.6. The SMILES string of the molecule is NCC1(C(=O)Cc2ccnc3ccccc23)CCCC1. The van der Waals surface area contributed by atoms with Crippen molar-refractivity contribution in [2.24, 2.45) is 11.1 Å². The average Bonchev–Trinajstić information content (AvgIpc) is 2.98. The quantitative estimate of drug-likeness (QED) is 0.927. The zero-order valence-electron chi connectivity index (χ0n) is 11.6. The molecule has 20 heavy (non-hydrogen) atoms. The molecule has 1 saturated carbocycles. The summed E-state index contributed by atoms with van der Waals surface area (Å²) in [6.45, 7) is 0.481. The minimum atomic E-state index is -0.273. The van der Waals surface area contributed by atoms with Crippen molar-refractivity contribution in [1.82, 2.24) is 4.98 Å². The van der Waals surface area contributed by atoms with Crippen LogP contribution in [0.15, 0.2) is 36.5 Å². The topological polar surface area (TPSA) is 56.0 Å². The van der Waals surface area contributed by atoms with Gasteiger partial charge in [-0.1, -0.05) is 31.0 Å². The van der Waals surface area contributed by atoms with Crippen molar-refractivity contribution < 1.29 is 4.79 Å². The zero-order chi connectivity index (χ0) is 14.0. The van der Waals surface area contributed by atoms with E-state index < -0.39 is 0 Å². The van der Waals surface area contributed by atoms with Crippen LogP contribution in [0.2, 0.25) is 0 Å². The van der Waals surface area contributed by atoms with Gasteiger partial charge >= 0.3 is 0 Å². The maximum atomic E-state index is 12.7. The van der Waals surface area contributed by atoms with Crippen molar-refractivity contribution in [3.05, 3.63) is 42.1 Å². The molecule has 0 spiro atoms. The van der Waals surface area contributed by atoms with Crippen LogP contribution in [-0.2, 0) is 11.2 Å². The van der Waals surface area contributed by atoms with Gasteiger partial charge in [0, 0.05) is 30.0 Å². The van der Waals surface area contributed by atoms with E-state index in [1.165, 1.54) is 0 Å². The molecule has 1 aliphatic carbocycles. The number of benzene rings is 1. The average molecular weight is 268 g/mol. The molecular formula is C17H20N2O. The second-order valence-corrected chi connectivity index (χ2v) is 5.78. The lowest BCUT2D eigenvalue weighted by Crippen LogP contribution is -2.37. The fourth-order valence-corrected chi connectivity index (χ4v) is 3.32. The second-order valence-electron chi connectivity index (χ2n) is 5.78. The molecule has 0 aliphatic heterocycles. The van der Waals surface area contributed by atoms with Crippen LogP contribution in [0.4, 0.5) is 0 Å². The largest absolute Gasteiger partial charge is 0.329 e. The first-order chi connectivity index (χ1) is 9.75. The van der Waals surface area contributed by atoms with Crippen LogP contribution in [0.1, 0.15) is 31.2 Å². The number of nitrogens with two attached hydrogens (primary N) is 1. The smallest absolute Gasteiger partial charge is 0.144 e. The molecular weight excluding hydrogens is 248 g/mol. The Labute approximate surface area is 119 Å². The number of aromatic nitrogens is 1. The molecule has 0 bridgehead atoms. The van der Waals surface area contributed by atoms with E-state index in [9.17, 15) is 4.79 Å². The molecule has 2 N–H and O–H groups in total. The minimum absolute atomic E-state index is 0.273. The van der Waals surface area contributed by atoms with Gasteiger partial charge in [0.05, 0.1) is 5.52 Å². The summed E-state index contributed by atoms with van der Waals surface area (Å²) in [5, 5.41) is 1.08. The number of para-hydroxylation sites is 1. The Morgan fingerprint density at radius 1 is 1.20 bits per heavy atom. The molecule has 3 heteroatoms. The van der Waals surface area contributed by atoms with Gasteiger partial charge in [-0.25, -0.2) is 0 Å². The molecule has 2 aromatic rings. The molecule has 0 saturated heterocycles. The van der Waals surface area contributed by atoms with Gasteiger partial charge in [0.1, 0.15) is 5.78 Å². The number of hydrogen-bond donors (Lipinski definition) is 1. The summed E-state index contributed by atoms with van der Waals surface area (Å²) in [5.74, 6) is 0.300. The summed E-state index contributed by atoms with van der Waals surface area (Å²) in [5.41, 5.74) is 7.65. The Kier molecular flexibility index (Phi) is 3.53. The second kappa shape index (κ2) is 5.33. The summed E-state index contributed by atoms with van der Waals surface area (Å²) in [4.78, 5) is 17.1. The molecule has 1 aliphatic rings. The van der Waals surface area contributed by atoms with E-state index >= 15 is 0 Å². The lowest BCUT2D eigenvalue weighted by molar-refractivity contribution is -0.127. The Hall–Kier alpha value is -1.74. The van der Waals surface area contributed by atoms with Gasteiger partial charge in [0.15, 0.2) is 0 Å². The third-order valence-corrected chi connectivity index (χ3v) is 4.63. The molecule has 1 aromatic carbocycles. The van der Waals surface area contributed by atoms with E-state index in [-0.39, 0.29) is 5.41 Å². The summed E-state index contributed by atoms with van der Waals surface area (Å²) >= 11 is 0. The molecule has 0 unspecified atom stereocenters. The monoisotopic (exact) mass is 268 g/mol. The van der Waals surface area contributed by atoms with E-state index in [1.54, 1.807) is 6.20 Å². The van der Waals surface area contributed by atoms with Crippen LogP contribution in [-0.4, -0.2) is 17.3 Å². The molecule has 0 radical (unpaired) electrons. The van der Waals surface area contributed by atoms with Crippen molar-refractivity contribution in [3.8, 4) is 0 Å². The summed E-state index contributed by atoms with van der Waals surface area (Å²) in [7, 11) is 0. The predicted molar refractivity (Wildman–Crippen MR) is 80.4 cm³/mol. The van der Waals surface area contributed by atoms with Crippen molar-refractivity contribution in [3.63, 3.8) is 0 Å². The van der Waals surface area contributed by atoms with Crippen LogP contribution in [0.3, 0.4) is 0 Å². The van der Waals surface area contributed by atoms with Gasteiger partial charge in [-0.3, -0.25) is 9.78 Å². The highest BCUT2D eigenvalue weighted by Crippen LogP contribution is 2.39. The van der Waals surface area contributed by atoms with E-state index in [1.807, 2.05) is 30.3 Å². The van der Waals surface area contributed by atoms with Gasteiger partial charge < -0.3 is 5.73 Å². The number of nitrogens with zero attached hydrogens (tertiary/aromatic N) is 1. The number of pyridine rings is 1. The van der Waals surface area contributed by atoms with Crippen LogP contribution in [0, 0.1) is 5.41 Å². The molecule has 104 valence electrons. The van der Waals surface area contributed by atoms with E-state index in [2.05, 4.69) is 4.98 Å². The molecule has 1 fully saturated rings. The highest BCUT2D eigenvalue weighted by atomic mass is 16.1. The number of carbonyl (C=O) groups is 1. The van der Waals surface area contributed by atoms with Gasteiger partial charge in [-0.05, 0) is 30.5 Å². The standard InChI is InChI=1S/C17H20N2O/c18-12-17(8-3-4-9-17)16(20)11-13-7-10-19-15-6-2-1-5-14(13)15/h1-2,5-7,10H,3-4,8-9,11-12,18H2. The lowest BCUT2D eigenvalue weighted by atomic mass is 9.79. The Balaban J connectivity index is 1.91. The van der Waals surface area contributed by atoms with E-state index in [4.69, 9.17) is 5.73 Å². The fraction of sp³-hybridized carbons (Fsp3) is 0.412. The van der Waals surface area contributed by atoms with Gasteiger partial charge in [0.25, 0.3) is 0 Å². The molecule has 3 nitrogen and oxygen atoms in total. The van der Waals surface area contributed by atoms with Crippen LogP contribution in [0.5, 0.6) is 0 Å². The van der Waals surface area contributed by atoms with E-state index in [0.29, 0.717) is 18.7 Å². The minimum Gasteiger partial charge on any atom is -0.329 e. The number of fused-ring (bicyclic) bond motifs is 1. The van der Waals surface area contributed by atoms with Gasteiger partial charge in [0.2, 0.25) is 0 Å². The van der Waals surface area contributed by atoms with Crippen LogP contribution < -0.4 is 5.73 Å². The Morgan fingerprint density at radius 2 is 1.95 bits per heavy atom. The maximum Gasteiger partial charge on any atom is 0.144 e. The highest BCUT2D eigenvalue weighted by Gasteiger charge is 2.39. The number of ketones is 1. The van der Waals surface area contributed by atoms with Crippen molar-refractivity contribution in [1.29, 1.82) is 0 Å². The highest BCUT2D eigenvalue weighted by molar-refractivity contribution is 5.92. The van der Waals surface area contributed by atoms with Crippen molar-refractivity contribution in [2.75, 3.05) is 6.54 Å². The van der Waals surface area contributed by atoms with Crippen molar-refractivity contribution in [2.45, 2.75) is 32.1 Å². The Morgan fingerprint density at radius 3 is 2.70 bits per heavy atom. The first kappa shape index (κ1) is 13.3. The molecule has 0 atom stereocenters. The third-order valence-electron chi connectivity index (χ3n) is 4.63. The first-order valence-electron chi connectivity index (χ1n) is 7.31. The summed E-state index contributed by atoms with van der Waals surface area (Å²) in [6, 6.07) is 9.94. The molecule has 3 rings (SSSR count). The number of hydrogen-bond acceptors (Lipinski definition) is 3. The Bertz CT molecular complexity index is 624. The fourth-order valence-electron chi connectivity index (χ4n) is 3.32.